The topological polar surface area (TPSA) is 32.3 Å². The summed E-state index contributed by atoms with van der Waals surface area (Å²) >= 11 is 0. The van der Waals surface area contributed by atoms with Crippen LogP contribution in [-0.4, -0.2) is 23.9 Å². The number of carbonyl (C=O) groups is 1. The fraction of sp³-hybridized carbons (Fsp3) is 0.292. The maximum Gasteiger partial charge on any atom is 0.228 e. The molecule has 0 bridgehead atoms. The average Bonchev–Trinajstić information content (AvgIpc) is 2.70. The number of fused-ring (bicyclic) bond motifs is 1. The number of hydrogen-bond acceptors (Lipinski definition) is 2. The first-order valence-electron chi connectivity index (χ1n) is 9.75. The molecule has 3 aromatic rings. The predicted octanol–water partition coefficient (Wildman–Crippen LogP) is 5.00. The molecule has 1 atom stereocenters. The standard InChI is InChI=1S/C24H26N2O/c1-18-11-13-19(14-12-18)16-26-15-5-8-21(17-26)24(27)25-23-10-4-7-20-6-2-3-9-22(20)23/h2-4,6-7,9-14,21H,5,8,15-17H2,1H3,(H,25,27). The van der Waals surface area contributed by atoms with E-state index in [1.807, 2.05) is 24.3 Å². The minimum absolute atomic E-state index is 0.0446. The van der Waals surface area contributed by atoms with E-state index in [4.69, 9.17) is 0 Å². The van der Waals surface area contributed by atoms with Crippen molar-refractivity contribution in [3.8, 4) is 0 Å². The van der Waals surface area contributed by atoms with Gasteiger partial charge in [0.2, 0.25) is 5.91 Å². The SMILES string of the molecule is Cc1ccc(CN2CCCC(C(=O)Nc3cccc4ccccc34)C2)cc1. The van der Waals surface area contributed by atoms with E-state index in [0.29, 0.717) is 0 Å². The number of likely N-dealkylation sites (tertiary alicyclic amines) is 1. The smallest absolute Gasteiger partial charge is 0.228 e. The van der Waals surface area contributed by atoms with Crippen molar-refractivity contribution in [2.75, 3.05) is 18.4 Å². The van der Waals surface area contributed by atoms with Crippen LogP contribution >= 0.6 is 0 Å². The molecule has 1 unspecified atom stereocenters. The van der Waals surface area contributed by atoms with Crippen LogP contribution in [0.4, 0.5) is 5.69 Å². The molecule has 0 radical (unpaired) electrons. The summed E-state index contributed by atoms with van der Waals surface area (Å²) in [7, 11) is 0. The van der Waals surface area contributed by atoms with Crippen LogP contribution in [0.2, 0.25) is 0 Å². The van der Waals surface area contributed by atoms with Crippen LogP contribution in [0.3, 0.4) is 0 Å². The second kappa shape index (κ2) is 7.93. The third-order valence-electron chi connectivity index (χ3n) is 5.45. The zero-order chi connectivity index (χ0) is 18.6. The summed E-state index contributed by atoms with van der Waals surface area (Å²) in [5, 5.41) is 5.43. The summed E-state index contributed by atoms with van der Waals surface area (Å²) in [5.41, 5.74) is 3.51. The Kier molecular flexibility index (Phi) is 5.21. The summed E-state index contributed by atoms with van der Waals surface area (Å²) in [4.78, 5) is 15.3. The molecule has 0 spiro atoms. The van der Waals surface area contributed by atoms with Gasteiger partial charge in [0.15, 0.2) is 0 Å². The predicted molar refractivity (Wildman–Crippen MR) is 112 cm³/mol. The van der Waals surface area contributed by atoms with Gasteiger partial charge in [-0.2, -0.15) is 0 Å². The van der Waals surface area contributed by atoms with E-state index in [1.54, 1.807) is 0 Å². The number of anilines is 1. The van der Waals surface area contributed by atoms with Gasteiger partial charge in [0, 0.05) is 24.2 Å². The fourth-order valence-corrected chi connectivity index (χ4v) is 3.93. The number of hydrogen-bond donors (Lipinski definition) is 1. The monoisotopic (exact) mass is 358 g/mol. The van der Waals surface area contributed by atoms with E-state index in [2.05, 4.69) is 59.6 Å². The molecule has 1 heterocycles. The van der Waals surface area contributed by atoms with Crippen molar-refractivity contribution < 1.29 is 4.79 Å². The average molecular weight is 358 g/mol. The minimum Gasteiger partial charge on any atom is -0.325 e. The van der Waals surface area contributed by atoms with Crippen LogP contribution in [-0.2, 0) is 11.3 Å². The molecule has 0 aliphatic carbocycles. The third-order valence-corrected chi connectivity index (χ3v) is 5.45. The van der Waals surface area contributed by atoms with Gasteiger partial charge in [-0.3, -0.25) is 9.69 Å². The zero-order valence-electron chi connectivity index (χ0n) is 15.8. The molecule has 1 saturated heterocycles. The highest BCUT2D eigenvalue weighted by atomic mass is 16.1. The molecule has 0 aromatic heterocycles. The lowest BCUT2D eigenvalue weighted by atomic mass is 9.96. The minimum atomic E-state index is 0.0446. The lowest BCUT2D eigenvalue weighted by Gasteiger charge is -2.32. The molecule has 1 fully saturated rings. The highest BCUT2D eigenvalue weighted by molar-refractivity contribution is 6.02. The Balaban J connectivity index is 1.43. The van der Waals surface area contributed by atoms with Crippen molar-refractivity contribution in [2.24, 2.45) is 5.92 Å². The van der Waals surface area contributed by atoms with Crippen molar-refractivity contribution in [1.82, 2.24) is 4.90 Å². The van der Waals surface area contributed by atoms with E-state index >= 15 is 0 Å². The van der Waals surface area contributed by atoms with Crippen LogP contribution in [0.15, 0.2) is 66.7 Å². The van der Waals surface area contributed by atoms with E-state index in [1.165, 1.54) is 11.1 Å². The Morgan fingerprint density at radius 2 is 1.81 bits per heavy atom. The van der Waals surface area contributed by atoms with Crippen molar-refractivity contribution >= 4 is 22.4 Å². The lowest BCUT2D eigenvalue weighted by molar-refractivity contribution is -0.121. The summed E-state index contributed by atoms with van der Waals surface area (Å²) in [6, 6.07) is 23.0. The quantitative estimate of drug-likeness (QED) is 0.712. The number of amides is 1. The van der Waals surface area contributed by atoms with Gasteiger partial charge in [-0.25, -0.2) is 0 Å². The maximum absolute atomic E-state index is 12.9. The van der Waals surface area contributed by atoms with E-state index < -0.39 is 0 Å². The van der Waals surface area contributed by atoms with Gasteiger partial charge in [0.25, 0.3) is 0 Å². The Bertz CT molecular complexity index is 927. The van der Waals surface area contributed by atoms with Crippen molar-refractivity contribution in [2.45, 2.75) is 26.3 Å². The maximum atomic E-state index is 12.9. The summed E-state index contributed by atoms with van der Waals surface area (Å²) < 4.78 is 0. The van der Waals surface area contributed by atoms with E-state index in [0.717, 1.165) is 48.9 Å². The van der Waals surface area contributed by atoms with Crippen LogP contribution in [0, 0.1) is 12.8 Å². The number of nitrogens with zero attached hydrogens (tertiary/aromatic N) is 1. The second-order valence-electron chi connectivity index (χ2n) is 7.58. The highest BCUT2D eigenvalue weighted by Gasteiger charge is 2.26. The molecule has 1 aliphatic rings. The largest absolute Gasteiger partial charge is 0.325 e. The Morgan fingerprint density at radius 1 is 1.04 bits per heavy atom. The Labute approximate surface area is 161 Å². The first kappa shape index (κ1) is 17.7. The van der Waals surface area contributed by atoms with Crippen LogP contribution < -0.4 is 5.32 Å². The first-order chi connectivity index (χ1) is 13.2. The van der Waals surface area contributed by atoms with Gasteiger partial charge in [-0.05, 0) is 43.3 Å². The van der Waals surface area contributed by atoms with Gasteiger partial charge in [0.1, 0.15) is 0 Å². The third kappa shape index (κ3) is 4.20. The molecule has 1 amide bonds. The van der Waals surface area contributed by atoms with Gasteiger partial charge in [-0.1, -0.05) is 66.2 Å². The number of carbonyl (C=O) groups excluding carboxylic acids is 1. The highest BCUT2D eigenvalue weighted by Crippen LogP contribution is 2.25. The second-order valence-corrected chi connectivity index (χ2v) is 7.58. The summed E-state index contributed by atoms with van der Waals surface area (Å²) in [6.45, 7) is 4.91. The first-order valence-corrected chi connectivity index (χ1v) is 9.75. The molecule has 27 heavy (non-hydrogen) atoms. The molecular weight excluding hydrogens is 332 g/mol. The van der Waals surface area contributed by atoms with E-state index in [9.17, 15) is 4.79 Å². The number of aryl methyl sites for hydroxylation is 1. The molecule has 1 N–H and O–H groups in total. The Morgan fingerprint density at radius 3 is 2.67 bits per heavy atom. The lowest BCUT2D eigenvalue weighted by Crippen LogP contribution is -2.40. The normalized spacial score (nSPS) is 17.7. The molecule has 3 aromatic carbocycles. The van der Waals surface area contributed by atoms with Crippen LogP contribution in [0.5, 0.6) is 0 Å². The molecule has 0 saturated carbocycles. The van der Waals surface area contributed by atoms with Gasteiger partial charge in [0.05, 0.1) is 5.92 Å². The zero-order valence-corrected chi connectivity index (χ0v) is 15.8. The molecule has 3 nitrogen and oxygen atoms in total. The number of piperidine rings is 1. The van der Waals surface area contributed by atoms with E-state index in [-0.39, 0.29) is 11.8 Å². The number of benzene rings is 3. The molecule has 138 valence electrons. The fourth-order valence-electron chi connectivity index (χ4n) is 3.93. The van der Waals surface area contributed by atoms with Gasteiger partial charge in [-0.15, -0.1) is 0 Å². The van der Waals surface area contributed by atoms with Crippen molar-refractivity contribution in [3.63, 3.8) is 0 Å². The Hall–Kier alpha value is -2.65. The van der Waals surface area contributed by atoms with Crippen molar-refractivity contribution in [3.05, 3.63) is 77.9 Å². The van der Waals surface area contributed by atoms with Crippen LogP contribution in [0.1, 0.15) is 24.0 Å². The number of rotatable bonds is 4. The van der Waals surface area contributed by atoms with Gasteiger partial charge >= 0.3 is 0 Å². The molecule has 3 heteroatoms. The van der Waals surface area contributed by atoms with Crippen LogP contribution in [0.25, 0.3) is 10.8 Å². The van der Waals surface area contributed by atoms with Crippen molar-refractivity contribution in [1.29, 1.82) is 0 Å². The summed E-state index contributed by atoms with van der Waals surface area (Å²) in [5.74, 6) is 0.183. The molecular formula is C24H26N2O. The molecule has 4 rings (SSSR count). The number of nitrogens with one attached hydrogen (secondary N) is 1. The summed E-state index contributed by atoms with van der Waals surface area (Å²) in [6.07, 6.45) is 2.03. The molecule has 1 aliphatic heterocycles. The van der Waals surface area contributed by atoms with Gasteiger partial charge < -0.3 is 5.32 Å².